The Morgan fingerprint density at radius 1 is 1.00 bits per heavy atom. The largest absolute Gasteiger partial charge is 0.354 e. The number of halogens is 1. The van der Waals surface area contributed by atoms with Crippen molar-refractivity contribution in [3.05, 3.63) is 53.0 Å². The maximum Gasteiger partial charge on any atom is 0.0840 e. The van der Waals surface area contributed by atoms with Gasteiger partial charge in [0, 0.05) is 10.2 Å². The van der Waals surface area contributed by atoms with E-state index in [-0.39, 0.29) is 0 Å². The third-order valence-electron chi connectivity index (χ3n) is 2.25. The second-order valence-electron chi connectivity index (χ2n) is 3.49. The predicted octanol–water partition coefficient (Wildman–Crippen LogP) is 4.17. The smallest absolute Gasteiger partial charge is 0.0840 e. The van der Waals surface area contributed by atoms with Gasteiger partial charge in [0.1, 0.15) is 0 Å². The lowest BCUT2D eigenvalue weighted by atomic mass is 10.2. The average Bonchev–Trinajstić information content (AvgIpc) is 2.34. The van der Waals surface area contributed by atoms with Crippen molar-refractivity contribution in [2.24, 2.45) is 0 Å². The highest BCUT2D eigenvalue weighted by Gasteiger charge is 2.03. The van der Waals surface area contributed by atoms with Crippen molar-refractivity contribution in [3.63, 3.8) is 0 Å². The highest BCUT2D eigenvalue weighted by Crippen LogP contribution is 2.28. The van der Waals surface area contributed by atoms with Crippen LogP contribution in [-0.2, 0) is 4.84 Å². The number of hydrogen-bond donors (Lipinski definition) is 2. The third-order valence-corrected chi connectivity index (χ3v) is 2.74. The van der Waals surface area contributed by atoms with E-state index in [1.807, 2.05) is 48.5 Å². The van der Waals surface area contributed by atoms with Gasteiger partial charge in [-0.05, 0) is 30.3 Å². The minimum absolute atomic E-state index is 0.888. The van der Waals surface area contributed by atoms with Crippen LogP contribution in [0, 0.1) is 0 Å². The van der Waals surface area contributed by atoms with Crippen LogP contribution in [0.1, 0.15) is 0 Å². The molecule has 0 saturated carbocycles. The first-order valence-corrected chi connectivity index (χ1v) is 5.99. The minimum Gasteiger partial charge on any atom is -0.354 e. The molecule has 3 nitrogen and oxygen atoms in total. The quantitative estimate of drug-likeness (QED) is 0.830. The molecule has 4 heteroatoms. The Balaban J connectivity index is 2.27. The second-order valence-corrected chi connectivity index (χ2v) is 4.40. The summed E-state index contributed by atoms with van der Waals surface area (Å²) in [5, 5.41) is 3.33. The Morgan fingerprint density at radius 3 is 2.47 bits per heavy atom. The van der Waals surface area contributed by atoms with Gasteiger partial charge in [0.25, 0.3) is 0 Å². The number of rotatable bonds is 4. The minimum atomic E-state index is 0.888. The second kappa shape index (κ2) is 5.70. The summed E-state index contributed by atoms with van der Waals surface area (Å²) in [5.74, 6) is 0. The molecule has 0 aliphatic carbocycles. The van der Waals surface area contributed by atoms with Gasteiger partial charge in [0.15, 0.2) is 0 Å². The summed E-state index contributed by atoms with van der Waals surface area (Å²) in [5.41, 5.74) is 5.71. The zero-order chi connectivity index (χ0) is 12.1. The first kappa shape index (κ1) is 12.0. The molecule has 0 heterocycles. The third kappa shape index (κ3) is 3.22. The summed E-state index contributed by atoms with van der Waals surface area (Å²) < 4.78 is 1.01. The lowest BCUT2D eigenvalue weighted by molar-refractivity contribution is 0.271. The number of anilines is 3. The van der Waals surface area contributed by atoms with Gasteiger partial charge in [0.2, 0.25) is 0 Å². The van der Waals surface area contributed by atoms with Gasteiger partial charge >= 0.3 is 0 Å². The molecule has 2 N–H and O–H groups in total. The zero-order valence-corrected chi connectivity index (χ0v) is 11.0. The van der Waals surface area contributed by atoms with E-state index in [4.69, 9.17) is 4.84 Å². The molecule has 0 fully saturated rings. The number of hydrogen-bond acceptors (Lipinski definition) is 3. The summed E-state index contributed by atoms with van der Waals surface area (Å²) in [6.45, 7) is 0. The van der Waals surface area contributed by atoms with Crippen LogP contribution in [0.15, 0.2) is 53.0 Å². The molecule has 0 spiro atoms. The maximum absolute atomic E-state index is 4.94. The molecule has 2 rings (SSSR count). The summed E-state index contributed by atoms with van der Waals surface area (Å²) in [7, 11) is 1.59. The van der Waals surface area contributed by atoms with Gasteiger partial charge < -0.3 is 5.32 Å². The SMILES string of the molecule is CONc1ccc(Br)cc1Nc1ccccc1. The van der Waals surface area contributed by atoms with E-state index >= 15 is 0 Å². The highest BCUT2D eigenvalue weighted by atomic mass is 79.9. The summed E-state index contributed by atoms with van der Waals surface area (Å²) in [4.78, 5) is 4.94. The molecule has 0 bridgehead atoms. The van der Waals surface area contributed by atoms with Crippen molar-refractivity contribution in [1.82, 2.24) is 0 Å². The van der Waals surface area contributed by atoms with Gasteiger partial charge in [-0.3, -0.25) is 10.3 Å². The molecule has 0 radical (unpaired) electrons. The molecular weight excluding hydrogens is 280 g/mol. The Kier molecular flexibility index (Phi) is 4.01. The van der Waals surface area contributed by atoms with Crippen LogP contribution >= 0.6 is 15.9 Å². The Hall–Kier alpha value is -1.52. The summed E-state index contributed by atoms with van der Waals surface area (Å²) in [6.07, 6.45) is 0. The Morgan fingerprint density at radius 2 is 1.76 bits per heavy atom. The highest BCUT2D eigenvalue weighted by molar-refractivity contribution is 9.10. The molecule has 2 aromatic carbocycles. The molecule has 17 heavy (non-hydrogen) atoms. The molecule has 0 amide bonds. The topological polar surface area (TPSA) is 33.3 Å². The van der Waals surface area contributed by atoms with Crippen LogP contribution in [-0.4, -0.2) is 7.11 Å². The van der Waals surface area contributed by atoms with Crippen molar-refractivity contribution in [3.8, 4) is 0 Å². The summed E-state index contributed by atoms with van der Waals surface area (Å²) >= 11 is 3.45. The van der Waals surface area contributed by atoms with Crippen molar-refractivity contribution in [1.29, 1.82) is 0 Å². The van der Waals surface area contributed by atoms with E-state index in [9.17, 15) is 0 Å². The van der Waals surface area contributed by atoms with Crippen LogP contribution in [0.3, 0.4) is 0 Å². The average molecular weight is 293 g/mol. The predicted molar refractivity (Wildman–Crippen MR) is 74.5 cm³/mol. The van der Waals surface area contributed by atoms with E-state index in [1.165, 1.54) is 0 Å². The van der Waals surface area contributed by atoms with Crippen molar-refractivity contribution >= 4 is 33.0 Å². The fourth-order valence-corrected chi connectivity index (χ4v) is 1.86. The van der Waals surface area contributed by atoms with E-state index < -0.39 is 0 Å². The van der Waals surface area contributed by atoms with Crippen LogP contribution < -0.4 is 10.8 Å². The van der Waals surface area contributed by atoms with Crippen molar-refractivity contribution < 1.29 is 4.84 Å². The molecule has 88 valence electrons. The molecule has 0 aliphatic rings. The van der Waals surface area contributed by atoms with E-state index in [0.29, 0.717) is 0 Å². The molecule has 0 aliphatic heterocycles. The number of nitrogens with one attached hydrogen (secondary N) is 2. The van der Waals surface area contributed by atoms with Gasteiger partial charge in [0.05, 0.1) is 18.5 Å². The monoisotopic (exact) mass is 292 g/mol. The van der Waals surface area contributed by atoms with Gasteiger partial charge in [-0.2, -0.15) is 0 Å². The maximum atomic E-state index is 4.94. The van der Waals surface area contributed by atoms with Gasteiger partial charge in [-0.1, -0.05) is 34.1 Å². The number of para-hydroxylation sites is 1. The molecule has 0 saturated heterocycles. The fraction of sp³-hybridized carbons (Fsp3) is 0.0769. The summed E-state index contributed by atoms with van der Waals surface area (Å²) in [6, 6.07) is 15.9. The van der Waals surface area contributed by atoms with E-state index in [1.54, 1.807) is 7.11 Å². The molecule has 0 aromatic heterocycles. The first-order chi connectivity index (χ1) is 8.29. The zero-order valence-electron chi connectivity index (χ0n) is 9.41. The fourth-order valence-electron chi connectivity index (χ4n) is 1.50. The van der Waals surface area contributed by atoms with Crippen LogP contribution in [0.2, 0.25) is 0 Å². The van der Waals surface area contributed by atoms with Crippen LogP contribution in [0.25, 0.3) is 0 Å². The van der Waals surface area contributed by atoms with E-state index in [2.05, 4.69) is 26.7 Å². The molecule has 0 unspecified atom stereocenters. The molecular formula is C13H13BrN2O. The standard InChI is InChI=1S/C13H13BrN2O/c1-17-16-12-8-7-10(14)9-13(12)15-11-5-3-2-4-6-11/h2-9,15-16H,1H3. The van der Waals surface area contributed by atoms with Crippen molar-refractivity contribution in [2.75, 3.05) is 17.9 Å². The normalized spacial score (nSPS) is 10.0. The molecule has 2 aromatic rings. The van der Waals surface area contributed by atoms with E-state index in [0.717, 1.165) is 21.5 Å². The first-order valence-electron chi connectivity index (χ1n) is 5.20. The van der Waals surface area contributed by atoms with Crippen LogP contribution in [0.5, 0.6) is 0 Å². The Labute approximate surface area is 109 Å². The van der Waals surface area contributed by atoms with Crippen molar-refractivity contribution in [2.45, 2.75) is 0 Å². The van der Waals surface area contributed by atoms with Crippen LogP contribution in [0.4, 0.5) is 17.1 Å². The van der Waals surface area contributed by atoms with Gasteiger partial charge in [-0.15, -0.1) is 0 Å². The number of benzene rings is 2. The van der Waals surface area contributed by atoms with Gasteiger partial charge in [-0.25, -0.2) is 0 Å². The lowest BCUT2D eigenvalue weighted by Gasteiger charge is -2.13. The Bertz CT molecular complexity index is 488. The molecule has 0 atom stereocenters. The lowest BCUT2D eigenvalue weighted by Crippen LogP contribution is -2.00.